The number of nitrogens with one attached hydrogen (secondary N) is 1. The maximum absolute atomic E-state index is 13.0. The summed E-state index contributed by atoms with van der Waals surface area (Å²) in [5.74, 6) is -0.0177. The van der Waals surface area contributed by atoms with Crippen molar-refractivity contribution < 1.29 is 4.79 Å². The number of aryl methyl sites for hydroxylation is 2. The molecule has 3 aromatic rings. The number of hydrogen-bond acceptors (Lipinski definition) is 4. The van der Waals surface area contributed by atoms with Gasteiger partial charge in [-0.05, 0) is 20.0 Å². The second-order valence-corrected chi connectivity index (χ2v) is 6.16. The van der Waals surface area contributed by atoms with Gasteiger partial charge in [0.2, 0.25) is 0 Å². The fraction of sp³-hybridized carbons (Fsp3) is 0.316. The number of aromatic nitrogens is 3. The minimum Gasteiger partial charge on any atom is -0.340 e. The molecule has 27 heavy (non-hydrogen) atoms. The second-order valence-electron chi connectivity index (χ2n) is 6.16. The third-order valence-corrected chi connectivity index (χ3v) is 4.31. The smallest absolute Gasteiger partial charge is 0.254 e. The van der Waals surface area contributed by atoms with Crippen LogP contribution in [0.4, 0.5) is 0 Å². The summed E-state index contributed by atoms with van der Waals surface area (Å²) in [7, 11) is 5.55. The molecule has 146 valence electrons. The Morgan fingerprint density at radius 2 is 1.89 bits per heavy atom. The molecule has 0 saturated heterocycles. The Kier molecular flexibility index (Phi) is 8.21. The van der Waals surface area contributed by atoms with Gasteiger partial charge in [0.15, 0.2) is 5.65 Å². The van der Waals surface area contributed by atoms with Crippen LogP contribution in [0.5, 0.6) is 0 Å². The Balaban J connectivity index is 0.00000182. The average Bonchev–Trinajstić information content (AvgIpc) is 2.93. The van der Waals surface area contributed by atoms with Crippen molar-refractivity contribution in [1.82, 2.24) is 25.0 Å². The number of likely N-dealkylation sites (N-methyl/N-ethyl adjacent to an activating group) is 2. The van der Waals surface area contributed by atoms with E-state index in [0.717, 1.165) is 34.5 Å². The third kappa shape index (κ3) is 4.58. The number of pyridine rings is 1. The highest BCUT2D eigenvalue weighted by atomic mass is 35.5. The van der Waals surface area contributed by atoms with Gasteiger partial charge in [-0.3, -0.25) is 9.48 Å². The molecule has 0 saturated carbocycles. The standard InChI is InChI=1S/C19H23N5O.2ClH/c1-13-17-15(19(25)23(3)11-10-20-2)12-16(14-8-6-5-7-9-14)21-18(17)24(4)22-13;;/h5-9,12,20H,10-11H2,1-4H3;2*1H. The van der Waals surface area contributed by atoms with Gasteiger partial charge in [0, 0.05) is 32.7 Å². The van der Waals surface area contributed by atoms with E-state index in [1.54, 1.807) is 9.58 Å². The maximum Gasteiger partial charge on any atom is 0.254 e. The Morgan fingerprint density at radius 3 is 2.52 bits per heavy atom. The number of halogens is 2. The zero-order chi connectivity index (χ0) is 18.0. The quantitative estimate of drug-likeness (QED) is 0.702. The number of hydrogen-bond donors (Lipinski definition) is 1. The molecule has 0 unspecified atom stereocenters. The van der Waals surface area contributed by atoms with Crippen molar-refractivity contribution in [3.05, 3.63) is 47.7 Å². The van der Waals surface area contributed by atoms with Gasteiger partial charge in [0.05, 0.1) is 22.3 Å². The van der Waals surface area contributed by atoms with Crippen LogP contribution in [-0.2, 0) is 7.05 Å². The molecule has 1 amide bonds. The number of fused-ring (bicyclic) bond motifs is 1. The summed E-state index contributed by atoms with van der Waals surface area (Å²) in [4.78, 5) is 19.5. The van der Waals surface area contributed by atoms with E-state index in [9.17, 15) is 4.79 Å². The summed E-state index contributed by atoms with van der Waals surface area (Å²) < 4.78 is 1.74. The lowest BCUT2D eigenvalue weighted by atomic mass is 10.0. The lowest BCUT2D eigenvalue weighted by molar-refractivity contribution is 0.0798. The summed E-state index contributed by atoms with van der Waals surface area (Å²) >= 11 is 0. The predicted octanol–water partition coefficient (Wildman–Crippen LogP) is 3.08. The summed E-state index contributed by atoms with van der Waals surface area (Å²) in [5.41, 5.74) is 3.95. The zero-order valence-electron chi connectivity index (χ0n) is 15.9. The monoisotopic (exact) mass is 409 g/mol. The van der Waals surface area contributed by atoms with Gasteiger partial charge < -0.3 is 10.2 Å². The van der Waals surface area contributed by atoms with Crippen LogP contribution in [0.2, 0.25) is 0 Å². The Bertz CT molecular complexity index is 911. The predicted molar refractivity (Wildman–Crippen MR) is 114 cm³/mol. The first-order valence-electron chi connectivity index (χ1n) is 8.32. The largest absolute Gasteiger partial charge is 0.340 e. The fourth-order valence-corrected chi connectivity index (χ4v) is 2.96. The van der Waals surface area contributed by atoms with Gasteiger partial charge >= 0.3 is 0 Å². The Hall–Kier alpha value is -2.15. The number of rotatable bonds is 5. The van der Waals surface area contributed by atoms with Crippen LogP contribution >= 0.6 is 24.8 Å². The van der Waals surface area contributed by atoms with Crippen LogP contribution in [0.15, 0.2) is 36.4 Å². The van der Waals surface area contributed by atoms with Crippen molar-refractivity contribution in [2.24, 2.45) is 7.05 Å². The van der Waals surface area contributed by atoms with Crippen LogP contribution < -0.4 is 5.32 Å². The number of benzene rings is 1. The molecule has 8 heteroatoms. The van der Waals surface area contributed by atoms with Crippen molar-refractivity contribution in [3.63, 3.8) is 0 Å². The molecule has 0 fully saturated rings. The minimum atomic E-state index is -0.0177. The molecule has 2 heterocycles. The van der Waals surface area contributed by atoms with Crippen molar-refractivity contribution in [1.29, 1.82) is 0 Å². The van der Waals surface area contributed by atoms with Crippen LogP contribution in [-0.4, -0.2) is 52.8 Å². The summed E-state index contributed by atoms with van der Waals surface area (Å²) in [6.07, 6.45) is 0. The molecule has 1 aromatic carbocycles. The highest BCUT2D eigenvalue weighted by Crippen LogP contribution is 2.27. The minimum absolute atomic E-state index is 0. The highest BCUT2D eigenvalue weighted by molar-refractivity contribution is 6.07. The van der Waals surface area contributed by atoms with Crippen molar-refractivity contribution >= 4 is 41.8 Å². The molecule has 6 nitrogen and oxygen atoms in total. The first kappa shape index (κ1) is 22.9. The summed E-state index contributed by atoms with van der Waals surface area (Å²) in [6, 6.07) is 11.8. The van der Waals surface area contributed by atoms with Crippen LogP contribution in [0.3, 0.4) is 0 Å². The molecule has 0 atom stereocenters. The first-order chi connectivity index (χ1) is 12.0. The topological polar surface area (TPSA) is 63.1 Å². The Labute approximate surface area is 171 Å². The molecule has 2 aromatic heterocycles. The molecule has 1 N–H and O–H groups in total. The summed E-state index contributed by atoms with van der Waals surface area (Å²) in [6.45, 7) is 3.30. The highest BCUT2D eigenvalue weighted by Gasteiger charge is 2.21. The number of carbonyl (C=O) groups excluding carboxylic acids is 1. The van der Waals surface area contributed by atoms with Crippen LogP contribution in [0.1, 0.15) is 16.1 Å². The zero-order valence-corrected chi connectivity index (χ0v) is 17.5. The van der Waals surface area contributed by atoms with E-state index < -0.39 is 0 Å². The van der Waals surface area contributed by atoms with Crippen LogP contribution in [0, 0.1) is 6.92 Å². The van der Waals surface area contributed by atoms with E-state index in [1.807, 2.05) is 64.5 Å². The lowest BCUT2D eigenvalue weighted by Gasteiger charge is -2.18. The number of carbonyl (C=O) groups is 1. The molecule has 0 bridgehead atoms. The molecule has 0 aliphatic heterocycles. The van der Waals surface area contributed by atoms with Gasteiger partial charge in [-0.25, -0.2) is 4.98 Å². The van der Waals surface area contributed by atoms with Crippen molar-refractivity contribution in [3.8, 4) is 11.3 Å². The average molecular weight is 410 g/mol. The molecule has 0 spiro atoms. The molecule has 3 rings (SSSR count). The first-order valence-corrected chi connectivity index (χ1v) is 8.32. The van der Waals surface area contributed by atoms with Gasteiger partial charge in [0.25, 0.3) is 5.91 Å². The number of nitrogens with zero attached hydrogens (tertiary/aromatic N) is 4. The van der Waals surface area contributed by atoms with Gasteiger partial charge in [0.1, 0.15) is 0 Å². The lowest BCUT2D eigenvalue weighted by Crippen LogP contribution is -2.33. The van der Waals surface area contributed by atoms with E-state index in [4.69, 9.17) is 4.98 Å². The molecule has 0 radical (unpaired) electrons. The van der Waals surface area contributed by atoms with Gasteiger partial charge in [-0.15, -0.1) is 24.8 Å². The van der Waals surface area contributed by atoms with E-state index in [2.05, 4.69) is 10.4 Å². The van der Waals surface area contributed by atoms with E-state index >= 15 is 0 Å². The van der Waals surface area contributed by atoms with Crippen molar-refractivity contribution in [2.75, 3.05) is 27.2 Å². The van der Waals surface area contributed by atoms with Gasteiger partial charge in [-0.2, -0.15) is 5.10 Å². The Morgan fingerprint density at radius 1 is 1.22 bits per heavy atom. The second kappa shape index (κ2) is 9.69. The molecular weight excluding hydrogens is 385 g/mol. The summed E-state index contributed by atoms with van der Waals surface area (Å²) in [5, 5.41) is 8.36. The maximum atomic E-state index is 13.0. The number of amides is 1. The van der Waals surface area contributed by atoms with Gasteiger partial charge in [-0.1, -0.05) is 30.3 Å². The van der Waals surface area contributed by atoms with E-state index in [1.165, 1.54) is 0 Å². The third-order valence-electron chi connectivity index (χ3n) is 4.31. The fourth-order valence-electron chi connectivity index (χ4n) is 2.96. The van der Waals surface area contributed by atoms with Crippen molar-refractivity contribution in [2.45, 2.75) is 6.92 Å². The molecular formula is C19H25Cl2N5O. The normalized spacial score (nSPS) is 10.2. The van der Waals surface area contributed by atoms with E-state index in [0.29, 0.717) is 12.1 Å². The SMILES string of the molecule is CNCCN(C)C(=O)c1cc(-c2ccccc2)nc2c1c(C)nn2C.Cl.Cl. The van der Waals surface area contributed by atoms with E-state index in [-0.39, 0.29) is 30.7 Å². The molecule has 0 aliphatic carbocycles. The molecule has 0 aliphatic rings. The van der Waals surface area contributed by atoms with Crippen LogP contribution in [0.25, 0.3) is 22.3 Å².